The Morgan fingerprint density at radius 2 is 2.42 bits per heavy atom. The van der Waals surface area contributed by atoms with Crippen LogP contribution in [-0.4, -0.2) is 27.8 Å². The molecule has 0 saturated heterocycles. The van der Waals surface area contributed by atoms with Crippen LogP contribution in [0.3, 0.4) is 0 Å². The van der Waals surface area contributed by atoms with Crippen molar-refractivity contribution in [1.82, 2.24) is 14.9 Å². The van der Waals surface area contributed by atoms with Gasteiger partial charge < -0.3 is 4.90 Å². The third-order valence-corrected chi connectivity index (χ3v) is 4.17. The second kappa shape index (κ2) is 5.09. The van der Waals surface area contributed by atoms with Gasteiger partial charge in [-0.1, -0.05) is 0 Å². The molecule has 2 aromatic rings. The van der Waals surface area contributed by atoms with Gasteiger partial charge in [-0.15, -0.1) is 0 Å². The fourth-order valence-corrected chi connectivity index (χ4v) is 3.06. The largest absolute Gasteiger partial charge is 0.340 e. The Kier molecular flexibility index (Phi) is 3.29. The molecule has 2 heterocycles. The molecule has 0 radical (unpaired) electrons. The van der Waals surface area contributed by atoms with Gasteiger partial charge in [0, 0.05) is 25.4 Å². The maximum Gasteiger partial charge on any atom is 0.226 e. The van der Waals surface area contributed by atoms with Crippen molar-refractivity contribution in [3.63, 3.8) is 0 Å². The van der Waals surface area contributed by atoms with Crippen molar-refractivity contribution in [2.45, 2.75) is 18.9 Å². The van der Waals surface area contributed by atoms with Crippen LogP contribution in [0.15, 0.2) is 35.4 Å². The Bertz CT molecular complexity index is 555. The van der Waals surface area contributed by atoms with E-state index in [0.717, 1.165) is 12.1 Å². The van der Waals surface area contributed by atoms with E-state index in [9.17, 15) is 4.79 Å². The molecule has 1 amide bonds. The molecule has 1 aliphatic rings. The van der Waals surface area contributed by atoms with E-state index in [0.29, 0.717) is 12.5 Å². The van der Waals surface area contributed by atoms with Crippen LogP contribution >= 0.6 is 11.3 Å². The standard InChI is InChI=1S/C14H15N3OS/c1-17(8-11-7-15-3-4-16-11)14(18)13-6-12(13)10-2-5-19-9-10/h2-5,7,9,12-13H,6,8H2,1H3/t12-,13+/m0/s1. The van der Waals surface area contributed by atoms with Crippen LogP contribution in [0.2, 0.25) is 0 Å². The number of thiophene rings is 1. The van der Waals surface area contributed by atoms with E-state index in [1.165, 1.54) is 5.56 Å². The average Bonchev–Trinajstić information content (AvgIpc) is 3.04. The van der Waals surface area contributed by atoms with Crippen molar-refractivity contribution in [3.8, 4) is 0 Å². The Hall–Kier alpha value is -1.75. The van der Waals surface area contributed by atoms with Crippen LogP contribution < -0.4 is 0 Å². The van der Waals surface area contributed by atoms with E-state index < -0.39 is 0 Å². The first-order valence-corrected chi connectivity index (χ1v) is 7.22. The van der Waals surface area contributed by atoms with Gasteiger partial charge in [0.15, 0.2) is 0 Å². The lowest BCUT2D eigenvalue weighted by Crippen LogP contribution is -2.28. The lowest BCUT2D eigenvalue weighted by molar-refractivity contribution is -0.131. The summed E-state index contributed by atoms with van der Waals surface area (Å²) in [7, 11) is 1.83. The van der Waals surface area contributed by atoms with Gasteiger partial charge in [-0.05, 0) is 34.7 Å². The SMILES string of the molecule is CN(Cc1cnccn1)C(=O)[C@@H]1C[C@H]1c1ccsc1. The molecule has 1 saturated carbocycles. The van der Waals surface area contributed by atoms with Crippen LogP contribution in [0.4, 0.5) is 0 Å². The first-order chi connectivity index (χ1) is 9.25. The average molecular weight is 273 g/mol. The van der Waals surface area contributed by atoms with Crippen molar-refractivity contribution in [1.29, 1.82) is 0 Å². The van der Waals surface area contributed by atoms with Crippen LogP contribution in [0.5, 0.6) is 0 Å². The smallest absolute Gasteiger partial charge is 0.226 e. The molecule has 4 nitrogen and oxygen atoms in total. The molecule has 0 N–H and O–H groups in total. The monoisotopic (exact) mass is 273 g/mol. The van der Waals surface area contributed by atoms with E-state index in [1.807, 2.05) is 7.05 Å². The highest BCUT2D eigenvalue weighted by Crippen LogP contribution is 2.48. The number of aromatic nitrogens is 2. The van der Waals surface area contributed by atoms with Crippen LogP contribution in [0.25, 0.3) is 0 Å². The zero-order chi connectivity index (χ0) is 13.2. The van der Waals surface area contributed by atoms with E-state index >= 15 is 0 Å². The summed E-state index contributed by atoms with van der Waals surface area (Å²) in [6.45, 7) is 0.527. The summed E-state index contributed by atoms with van der Waals surface area (Å²) in [5, 5.41) is 4.21. The summed E-state index contributed by atoms with van der Waals surface area (Å²) in [5.74, 6) is 0.779. The van der Waals surface area contributed by atoms with E-state index in [-0.39, 0.29) is 11.8 Å². The number of nitrogens with zero attached hydrogens (tertiary/aromatic N) is 3. The first kappa shape index (κ1) is 12.3. The van der Waals surface area contributed by atoms with Gasteiger partial charge in [0.2, 0.25) is 5.91 Å². The predicted octanol–water partition coefficient (Wildman–Crippen LogP) is 2.30. The van der Waals surface area contributed by atoms with Crippen molar-refractivity contribution < 1.29 is 4.79 Å². The van der Waals surface area contributed by atoms with E-state index in [1.54, 1.807) is 34.8 Å². The van der Waals surface area contributed by atoms with Crippen LogP contribution in [-0.2, 0) is 11.3 Å². The summed E-state index contributed by atoms with van der Waals surface area (Å²) in [6.07, 6.45) is 5.96. The number of carbonyl (C=O) groups is 1. The minimum Gasteiger partial charge on any atom is -0.340 e. The number of amides is 1. The molecule has 3 rings (SSSR count). The zero-order valence-corrected chi connectivity index (χ0v) is 11.5. The summed E-state index contributed by atoms with van der Waals surface area (Å²) in [6, 6.07) is 2.12. The second-order valence-electron chi connectivity index (χ2n) is 4.90. The van der Waals surface area contributed by atoms with E-state index in [2.05, 4.69) is 26.8 Å². The normalized spacial score (nSPS) is 21.1. The number of hydrogen-bond donors (Lipinski definition) is 0. The Morgan fingerprint density at radius 3 is 3.11 bits per heavy atom. The van der Waals surface area contributed by atoms with Crippen molar-refractivity contribution in [2.24, 2.45) is 5.92 Å². The molecular formula is C14H15N3OS. The van der Waals surface area contributed by atoms with Gasteiger partial charge in [0.05, 0.1) is 18.4 Å². The Morgan fingerprint density at radius 1 is 1.53 bits per heavy atom. The molecule has 0 aliphatic heterocycles. The summed E-state index contributed by atoms with van der Waals surface area (Å²) < 4.78 is 0. The minimum absolute atomic E-state index is 0.149. The second-order valence-corrected chi connectivity index (χ2v) is 5.68. The third kappa shape index (κ3) is 2.66. The first-order valence-electron chi connectivity index (χ1n) is 6.27. The minimum atomic E-state index is 0.149. The molecule has 2 atom stereocenters. The molecule has 1 aliphatic carbocycles. The molecule has 5 heteroatoms. The Labute approximate surface area is 116 Å². The third-order valence-electron chi connectivity index (χ3n) is 3.47. The quantitative estimate of drug-likeness (QED) is 0.858. The summed E-state index contributed by atoms with van der Waals surface area (Å²) >= 11 is 1.69. The van der Waals surface area contributed by atoms with Gasteiger partial charge in [-0.2, -0.15) is 11.3 Å². The van der Waals surface area contributed by atoms with Crippen molar-refractivity contribution in [3.05, 3.63) is 46.7 Å². The number of carbonyl (C=O) groups excluding carboxylic acids is 1. The van der Waals surface area contributed by atoms with Crippen molar-refractivity contribution >= 4 is 17.2 Å². The fraction of sp³-hybridized carbons (Fsp3) is 0.357. The lowest BCUT2D eigenvalue weighted by Gasteiger charge is -2.16. The highest BCUT2D eigenvalue weighted by Gasteiger charge is 2.45. The fourth-order valence-electron chi connectivity index (χ4n) is 2.34. The van der Waals surface area contributed by atoms with Crippen molar-refractivity contribution in [2.75, 3.05) is 7.05 Å². The Balaban J connectivity index is 1.60. The number of rotatable bonds is 4. The zero-order valence-electron chi connectivity index (χ0n) is 10.7. The maximum atomic E-state index is 12.3. The molecule has 2 aromatic heterocycles. The molecule has 0 spiro atoms. The van der Waals surface area contributed by atoms with Crippen LogP contribution in [0, 0.1) is 5.92 Å². The molecular weight excluding hydrogens is 258 g/mol. The highest BCUT2D eigenvalue weighted by molar-refractivity contribution is 7.08. The maximum absolute atomic E-state index is 12.3. The predicted molar refractivity (Wildman–Crippen MR) is 73.7 cm³/mol. The van der Waals surface area contributed by atoms with Gasteiger partial charge in [0.1, 0.15) is 0 Å². The van der Waals surface area contributed by atoms with Crippen LogP contribution in [0.1, 0.15) is 23.6 Å². The summed E-state index contributed by atoms with van der Waals surface area (Å²) in [4.78, 5) is 22.3. The summed E-state index contributed by atoms with van der Waals surface area (Å²) in [5.41, 5.74) is 2.13. The molecule has 19 heavy (non-hydrogen) atoms. The number of hydrogen-bond acceptors (Lipinski definition) is 4. The van der Waals surface area contributed by atoms with Gasteiger partial charge >= 0.3 is 0 Å². The van der Waals surface area contributed by atoms with E-state index in [4.69, 9.17) is 0 Å². The highest BCUT2D eigenvalue weighted by atomic mass is 32.1. The van der Waals surface area contributed by atoms with Gasteiger partial charge in [-0.3, -0.25) is 14.8 Å². The van der Waals surface area contributed by atoms with Gasteiger partial charge in [0.25, 0.3) is 0 Å². The molecule has 0 aromatic carbocycles. The topological polar surface area (TPSA) is 46.1 Å². The molecule has 0 unspecified atom stereocenters. The molecule has 98 valence electrons. The lowest BCUT2D eigenvalue weighted by atomic mass is 10.2. The van der Waals surface area contributed by atoms with Gasteiger partial charge in [-0.25, -0.2) is 0 Å². The molecule has 0 bridgehead atoms. The molecule has 1 fully saturated rings.